The van der Waals surface area contributed by atoms with Crippen LogP contribution in [0.1, 0.15) is 38.5 Å². The molecule has 0 amide bonds. The van der Waals surface area contributed by atoms with E-state index in [4.69, 9.17) is 9.47 Å². The molecule has 4 heteroatoms. The SMILES string of the molecule is COCCCC(=O)C1CCOC2(CCSCC2)C1. The number of rotatable bonds is 5. The Hall–Kier alpha value is -0.0600. The van der Waals surface area contributed by atoms with E-state index in [9.17, 15) is 4.79 Å². The van der Waals surface area contributed by atoms with Crippen molar-refractivity contribution in [2.75, 3.05) is 31.8 Å². The van der Waals surface area contributed by atoms with E-state index in [1.165, 1.54) is 11.5 Å². The lowest BCUT2D eigenvalue weighted by Gasteiger charge is -2.43. The molecule has 1 atom stereocenters. The zero-order valence-electron chi connectivity index (χ0n) is 11.3. The minimum Gasteiger partial charge on any atom is -0.385 e. The molecule has 2 aliphatic heterocycles. The molecule has 0 radical (unpaired) electrons. The number of ether oxygens (including phenoxy) is 2. The van der Waals surface area contributed by atoms with Crippen LogP contribution >= 0.6 is 11.8 Å². The highest BCUT2D eigenvalue weighted by Crippen LogP contribution is 2.40. The monoisotopic (exact) mass is 272 g/mol. The van der Waals surface area contributed by atoms with Gasteiger partial charge in [0.15, 0.2) is 0 Å². The predicted octanol–water partition coefficient (Wildman–Crippen LogP) is 2.67. The van der Waals surface area contributed by atoms with Gasteiger partial charge in [0.05, 0.1) is 5.60 Å². The summed E-state index contributed by atoms with van der Waals surface area (Å²) in [6.07, 6.45) is 5.65. The molecule has 2 saturated heterocycles. The Morgan fingerprint density at radius 3 is 2.94 bits per heavy atom. The first-order chi connectivity index (χ1) is 8.76. The van der Waals surface area contributed by atoms with Crippen LogP contribution in [0.2, 0.25) is 0 Å². The summed E-state index contributed by atoms with van der Waals surface area (Å²) in [7, 11) is 1.69. The van der Waals surface area contributed by atoms with Gasteiger partial charge in [0.1, 0.15) is 5.78 Å². The van der Waals surface area contributed by atoms with Crippen LogP contribution < -0.4 is 0 Å². The first-order valence-corrected chi connectivity index (χ1v) is 8.15. The van der Waals surface area contributed by atoms with E-state index in [0.717, 1.165) is 38.7 Å². The molecule has 0 saturated carbocycles. The molecule has 3 nitrogen and oxygen atoms in total. The van der Waals surface area contributed by atoms with Crippen molar-refractivity contribution in [1.29, 1.82) is 0 Å². The van der Waals surface area contributed by atoms with E-state index in [2.05, 4.69) is 0 Å². The second-order valence-corrected chi connectivity index (χ2v) is 6.62. The van der Waals surface area contributed by atoms with Crippen molar-refractivity contribution in [3.05, 3.63) is 0 Å². The van der Waals surface area contributed by atoms with E-state index in [1.54, 1.807) is 7.11 Å². The van der Waals surface area contributed by atoms with Crippen LogP contribution in [0.25, 0.3) is 0 Å². The van der Waals surface area contributed by atoms with Gasteiger partial charge in [-0.25, -0.2) is 0 Å². The number of ketones is 1. The van der Waals surface area contributed by atoms with Gasteiger partial charge < -0.3 is 9.47 Å². The highest BCUT2D eigenvalue weighted by molar-refractivity contribution is 7.99. The maximum Gasteiger partial charge on any atom is 0.136 e. The number of Topliss-reactive ketones (excluding diaryl/α,β-unsaturated/α-hetero) is 1. The zero-order chi connectivity index (χ0) is 12.8. The van der Waals surface area contributed by atoms with E-state index in [0.29, 0.717) is 18.8 Å². The zero-order valence-corrected chi connectivity index (χ0v) is 12.1. The Kier molecular flexibility index (Phi) is 5.52. The van der Waals surface area contributed by atoms with Crippen LogP contribution in [0, 0.1) is 5.92 Å². The number of carbonyl (C=O) groups is 1. The Bertz CT molecular complexity index is 269. The van der Waals surface area contributed by atoms with Gasteiger partial charge in [-0.2, -0.15) is 11.8 Å². The molecule has 104 valence electrons. The van der Waals surface area contributed by atoms with Gasteiger partial charge in [-0.15, -0.1) is 0 Å². The minimum atomic E-state index is 0.0328. The third kappa shape index (κ3) is 3.72. The molecule has 18 heavy (non-hydrogen) atoms. The number of hydrogen-bond acceptors (Lipinski definition) is 4. The van der Waals surface area contributed by atoms with Crippen molar-refractivity contribution in [3.8, 4) is 0 Å². The first-order valence-electron chi connectivity index (χ1n) is 6.99. The summed E-state index contributed by atoms with van der Waals surface area (Å²) >= 11 is 2.01. The van der Waals surface area contributed by atoms with Crippen molar-refractivity contribution >= 4 is 17.5 Å². The molecule has 0 aromatic heterocycles. The maximum atomic E-state index is 12.2. The largest absolute Gasteiger partial charge is 0.385 e. The van der Waals surface area contributed by atoms with Crippen molar-refractivity contribution in [2.45, 2.75) is 44.1 Å². The molecular formula is C14H24O3S. The lowest BCUT2D eigenvalue weighted by molar-refractivity contribution is -0.138. The van der Waals surface area contributed by atoms with E-state index >= 15 is 0 Å². The third-order valence-corrected chi connectivity index (χ3v) is 5.11. The summed E-state index contributed by atoms with van der Waals surface area (Å²) < 4.78 is 11.0. The minimum absolute atomic E-state index is 0.0328. The van der Waals surface area contributed by atoms with E-state index in [1.807, 2.05) is 11.8 Å². The van der Waals surface area contributed by atoms with Gasteiger partial charge in [-0.05, 0) is 43.6 Å². The number of methoxy groups -OCH3 is 1. The molecule has 2 rings (SSSR count). The number of thioether (sulfide) groups is 1. The van der Waals surface area contributed by atoms with E-state index in [-0.39, 0.29) is 11.5 Å². The van der Waals surface area contributed by atoms with Crippen LogP contribution in [0.15, 0.2) is 0 Å². The Labute approximate surface area is 114 Å². The average Bonchev–Trinajstić information content (AvgIpc) is 2.40. The fraction of sp³-hybridized carbons (Fsp3) is 0.929. The molecule has 1 spiro atoms. The van der Waals surface area contributed by atoms with Crippen LogP contribution in [0.5, 0.6) is 0 Å². The molecule has 2 fully saturated rings. The standard InChI is InChI=1S/C14H24O3S/c1-16-7-2-3-13(15)12-4-8-17-14(11-12)5-9-18-10-6-14/h12H,2-11H2,1H3. The highest BCUT2D eigenvalue weighted by Gasteiger charge is 2.40. The van der Waals surface area contributed by atoms with Gasteiger partial charge in [0.2, 0.25) is 0 Å². The van der Waals surface area contributed by atoms with Gasteiger partial charge in [-0.3, -0.25) is 4.79 Å². The van der Waals surface area contributed by atoms with Gasteiger partial charge in [0.25, 0.3) is 0 Å². The fourth-order valence-electron chi connectivity index (χ4n) is 2.99. The molecule has 0 aliphatic carbocycles. The normalized spacial score (nSPS) is 27.3. The molecule has 0 aromatic rings. The fourth-order valence-corrected chi connectivity index (χ4v) is 4.23. The quantitative estimate of drug-likeness (QED) is 0.721. The molecule has 0 N–H and O–H groups in total. The summed E-state index contributed by atoms with van der Waals surface area (Å²) in [5.74, 6) is 3.03. The van der Waals surface area contributed by atoms with Crippen LogP contribution in [0.3, 0.4) is 0 Å². The van der Waals surface area contributed by atoms with Crippen LogP contribution in [-0.4, -0.2) is 43.2 Å². The molecule has 2 aliphatic rings. The third-order valence-electron chi connectivity index (χ3n) is 4.12. The van der Waals surface area contributed by atoms with Gasteiger partial charge >= 0.3 is 0 Å². The summed E-state index contributed by atoms with van der Waals surface area (Å²) in [6.45, 7) is 1.46. The van der Waals surface area contributed by atoms with Crippen molar-refractivity contribution in [2.24, 2.45) is 5.92 Å². The average molecular weight is 272 g/mol. The highest BCUT2D eigenvalue weighted by atomic mass is 32.2. The summed E-state index contributed by atoms with van der Waals surface area (Å²) in [5.41, 5.74) is 0.0328. The molecular weight excluding hydrogens is 248 g/mol. The topological polar surface area (TPSA) is 35.5 Å². The Morgan fingerprint density at radius 2 is 2.22 bits per heavy atom. The Balaban J connectivity index is 1.83. The molecule has 1 unspecified atom stereocenters. The predicted molar refractivity (Wildman–Crippen MR) is 74.1 cm³/mol. The second-order valence-electron chi connectivity index (χ2n) is 5.40. The first kappa shape index (κ1) is 14.4. The van der Waals surface area contributed by atoms with Gasteiger partial charge in [-0.1, -0.05) is 0 Å². The summed E-state index contributed by atoms with van der Waals surface area (Å²) in [4.78, 5) is 12.2. The van der Waals surface area contributed by atoms with Crippen molar-refractivity contribution in [1.82, 2.24) is 0 Å². The second kappa shape index (κ2) is 6.92. The van der Waals surface area contributed by atoms with Crippen molar-refractivity contribution < 1.29 is 14.3 Å². The number of carbonyl (C=O) groups excluding carboxylic acids is 1. The summed E-state index contributed by atoms with van der Waals surface area (Å²) in [6, 6.07) is 0. The van der Waals surface area contributed by atoms with Crippen LogP contribution in [0.4, 0.5) is 0 Å². The van der Waals surface area contributed by atoms with Crippen molar-refractivity contribution in [3.63, 3.8) is 0 Å². The lowest BCUT2D eigenvalue weighted by atomic mass is 9.79. The number of hydrogen-bond donors (Lipinski definition) is 0. The van der Waals surface area contributed by atoms with E-state index < -0.39 is 0 Å². The maximum absolute atomic E-state index is 12.2. The molecule has 0 bridgehead atoms. The molecule has 0 aromatic carbocycles. The summed E-state index contributed by atoms with van der Waals surface area (Å²) in [5, 5.41) is 0. The van der Waals surface area contributed by atoms with Gasteiger partial charge in [0, 0.05) is 32.7 Å². The smallest absolute Gasteiger partial charge is 0.136 e. The Morgan fingerprint density at radius 1 is 1.44 bits per heavy atom. The lowest BCUT2D eigenvalue weighted by Crippen LogP contribution is -2.44. The molecule has 2 heterocycles. The van der Waals surface area contributed by atoms with Crippen LogP contribution in [-0.2, 0) is 14.3 Å².